The number of nitrogens with two attached hydrogens (primary N) is 1. The van der Waals surface area contributed by atoms with Crippen LogP contribution < -0.4 is 11.3 Å². The SMILES string of the molecule is CC[C@@]1(OC(=O)CN=C(N)C(C)O)C(=O)OCc2c1cc1n(c2=O)Cc2cc3ccccc3nc2-1. The number of aromatic nitrogens is 2. The van der Waals surface area contributed by atoms with Crippen molar-refractivity contribution in [3.05, 3.63) is 63.4 Å². The fraction of sp³-hybridized carbons (Fsp3) is 0.320. The number of carbonyl (C=O) groups excluding carboxylic acids is 2. The topological polar surface area (TPSA) is 146 Å². The second kappa shape index (κ2) is 8.31. The molecule has 2 aromatic heterocycles. The fourth-order valence-corrected chi connectivity index (χ4v) is 4.60. The summed E-state index contributed by atoms with van der Waals surface area (Å²) in [5.74, 6) is -1.74. The van der Waals surface area contributed by atoms with Gasteiger partial charge in [-0.15, -0.1) is 0 Å². The van der Waals surface area contributed by atoms with Gasteiger partial charge in [-0.1, -0.05) is 25.1 Å². The lowest BCUT2D eigenvalue weighted by molar-refractivity contribution is -0.188. The zero-order chi connectivity index (χ0) is 24.9. The number of aliphatic imine (C=N–C) groups is 1. The smallest absolute Gasteiger partial charge is 0.355 e. The van der Waals surface area contributed by atoms with E-state index < -0.39 is 30.2 Å². The van der Waals surface area contributed by atoms with Gasteiger partial charge in [0, 0.05) is 16.5 Å². The van der Waals surface area contributed by atoms with Crippen LogP contribution in [-0.2, 0) is 37.8 Å². The largest absolute Gasteiger partial charge is 0.457 e. The monoisotopic (exact) mass is 476 g/mol. The molecule has 4 heterocycles. The summed E-state index contributed by atoms with van der Waals surface area (Å²) in [6, 6.07) is 11.4. The highest BCUT2D eigenvalue weighted by Crippen LogP contribution is 2.40. The Bertz CT molecular complexity index is 1470. The number of aliphatic hydroxyl groups is 1. The highest BCUT2D eigenvalue weighted by molar-refractivity contribution is 5.90. The van der Waals surface area contributed by atoms with Crippen molar-refractivity contribution in [1.29, 1.82) is 0 Å². The fourth-order valence-electron chi connectivity index (χ4n) is 4.60. The number of pyridine rings is 2. The lowest BCUT2D eigenvalue weighted by atomic mass is 9.85. The molecule has 0 bridgehead atoms. The van der Waals surface area contributed by atoms with Crippen molar-refractivity contribution in [2.75, 3.05) is 6.54 Å². The average molecular weight is 476 g/mol. The number of rotatable bonds is 5. The number of hydrogen-bond donors (Lipinski definition) is 2. The summed E-state index contributed by atoms with van der Waals surface area (Å²) in [6.07, 6.45) is -0.990. The summed E-state index contributed by atoms with van der Waals surface area (Å²) in [6.45, 7) is 2.71. The quantitative estimate of drug-likeness (QED) is 0.249. The summed E-state index contributed by atoms with van der Waals surface area (Å²) in [5, 5.41) is 10.4. The number of benzene rings is 1. The Balaban J connectivity index is 1.62. The summed E-state index contributed by atoms with van der Waals surface area (Å²) < 4.78 is 12.6. The maximum atomic E-state index is 13.5. The third-order valence-corrected chi connectivity index (χ3v) is 6.49. The van der Waals surface area contributed by atoms with Gasteiger partial charge in [-0.2, -0.15) is 0 Å². The number of cyclic esters (lactones) is 1. The molecule has 0 saturated carbocycles. The van der Waals surface area contributed by atoms with Crippen molar-refractivity contribution in [3.63, 3.8) is 0 Å². The first-order valence-corrected chi connectivity index (χ1v) is 11.3. The Labute approximate surface area is 200 Å². The molecule has 0 aliphatic carbocycles. The van der Waals surface area contributed by atoms with Crippen molar-refractivity contribution >= 4 is 28.7 Å². The van der Waals surface area contributed by atoms with Crippen LogP contribution in [0.4, 0.5) is 0 Å². The van der Waals surface area contributed by atoms with Gasteiger partial charge in [0.2, 0.25) is 5.60 Å². The van der Waals surface area contributed by atoms with E-state index in [0.717, 1.165) is 16.5 Å². The zero-order valence-electron chi connectivity index (χ0n) is 19.3. The first-order valence-electron chi connectivity index (χ1n) is 11.3. The predicted molar refractivity (Wildman–Crippen MR) is 127 cm³/mol. The molecule has 1 unspecified atom stereocenters. The van der Waals surface area contributed by atoms with E-state index in [4.69, 9.17) is 20.2 Å². The average Bonchev–Trinajstić information content (AvgIpc) is 3.20. The first kappa shape index (κ1) is 22.7. The van der Waals surface area contributed by atoms with E-state index in [0.29, 0.717) is 17.9 Å². The highest BCUT2D eigenvalue weighted by Gasteiger charge is 2.50. The molecule has 0 amide bonds. The molecule has 3 N–H and O–H groups in total. The van der Waals surface area contributed by atoms with Crippen LogP contribution in [0, 0.1) is 0 Å². The number of para-hydroxylation sites is 1. The predicted octanol–water partition coefficient (Wildman–Crippen LogP) is 1.37. The normalized spacial score (nSPS) is 19.5. The number of esters is 2. The number of hydrogen-bond acceptors (Lipinski definition) is 8. The van der Waals surface area contributed by atoms with Crippen LogP contribution in [0.25, 0.3) is 22.3 Å². The Hall–Kier alpha value is -4.05. The van der Waals surface area contributed by atoms with Gasteiger partial charge < -0.3 is 24.9 Å². The van der Waals surface area contributed by atoms with Crippen LogP contribution >= 0.6 is 0 Å². The zero-order valence-corrected chi connectivity index (χ0v) is 19.3. The van der Waals surface area contributed by atoms with Crippen molar-refractivity contribution in [2.45, 2.75) is 45.1 Å². The molecule has 2 aliphatic heterocycles. The molecule has 10 heteroatoms. The van der Waals surface area contributed by atoms with Gasteiger partial charge in [0.05, 0.1) is 29.0 Å². The maximum absolute atomic E-state index is 13.5. The lowest BCUT2D eigenvalue weighted by Crippen LogP contribution is -2.47. The van der Waals surface area contributed by atoms with Gasteiger partial charge in [0.15, 0.2) is 0 Å². The van der Waals surface area contributed by atoms with Crippen LogP contribution in [0.1, 0.15) is 37.0 Å². The summed E-state index contributed by atoms with van der Waals surface area (Å²) in [5.41, 5.74) is 6.86. The van der Waals surface area contributed by atoms with Gasteiger partial charge in [0.25, 0.3) is 5.56 Å². The Morgan fingerprint density at radius 3 is 2.86 bits per heavy atom. The summed E-state index contributed by atoms with van der Waals surface area (Å²) >= 11 is 0. The third kappa shape index (κ3) is 3.57. The standard InChI is InChI=1S/C25H24N4O6/c1-3-25(35-20(31)10-27-22(26)13(2)30)17-9-19-21-15(8-14-6-4-5-7-18(14)28-21)11-29(19)23(32)16(17)12-34-24(25)33/h4-9,13,30H,3,10-12H2,1-2H3,(H2,26,27)/t13?,25-/m0/s1. The number of ether oxygens (including phenoxy) is 2. The van der Waals surface area contributed by atoms with Gasteiger partial charge in [0.1, 0.15) is 25.1 Å². The van der Waals surface area contributed by atoms with Crippen LogP contribution in [-0.4, -0.2) is 45.1 Å². The molecule has 0 spiro atoms. The number of carbonyl (C=O) groups is 2. The Morgan fingerprint density at radius 2 is 2.11 bits per heavy atom. The van der Waals surface area contributed by atoms with Gasteiger partial charge >= 0.3 is 11.9 Å². The third-order valence-electron chi connectivity index (χ3n) is 6.49. The van der Waals surface area contributed by atoms with Crippen molar-refractivity contribution in [3.8, 4) is 11.4 Å². The number of nitrogens with zero attached hydrogens (tertiary/aromatic N) is 3. The van der Waals surface area contributed by atoms with Crippen molar-refractivity contribution < 1.29 is 24.2 Å². The van der Waals surface area contributed by atoms with E-state index in [1.54, 1.807) is 17.6 Å². The molecular formula is C25H24N4O6. The molecular weight excluding hydrogens is 452 g/mol. The summed E-state index contributed by atoms with van der Waals surface area (Å²) in [7, 11) is 0. The molecule has 35 heavy (non-hydrogen) atoms. The Morgan fingerprint density at radius 1 is 1.34 bits per heavy atom. The van der Waals surface area contributed by atoms with E-state index in [-0.39, 0.29) is 35.5 Å². The molecule has 2 atom stereocenters. The van der Waals surface area contributed by atoms with Crippen LogP contribution in [0.2, 0.25) is 0 Å². The van der Waals surface area contributed by atoms with Crippen LogP contribution in [0.15, 0.2) is 46.2 Å². The molecule has 0 radical (unpaired) electrons. The number of amidine groups is 1. The molecule has 2 aliphatic rings. The minimum Gasteiger partial charge on any atom is -0.457 e. The lowest BCUT2D eigenvalue weighted by Gasteiger charge is -2.35. The van der Waals surface area contributed by atoms with E-state index in [1.807, 2.05) is 30.3 Å². The molecule has 0 fully saturated rings. The number of fused-ring (bicyclic) bond motifs is 5. The second-order valence-electron chi connectivity index (χ2n) is 8.65. The highest BCUT2D eigenvalue weighted by atomic mass is 16.6. The second-order valence-corrected chi connectivity index (χ2v) is 8.65. The molecule has 180 valence electrons. The van der Waals surface area contributed by atoms with E-state index in [2.05, 4.69) is 4.99 Å². The van der Waals surface area contributed by atoms with Crippen molar-refractivity contribution in [1.82, 2.24) is 9.55 Å². The van der Waals surface area contributed by atoms with Gasteiger partial charge in [-0.25, -0.2) is 14.6 Å². The van der Waals surface area contributed by atoms with E-state index in [1.165, 1.54) is 6.92 Å². The maximum Gasteiger partial charge on any atom is 0.355 e. The minimum atomic E-state index is -1.81. The molecule has 0 saturated heterocycles. The van der Waals surface area contributed by atoms with Crippen molar-refractivity contribution in [2.24, 2.45) is 10.7 Å². The number of aliphatic hydroxyl groups excluding tert-OH is 1. The van der Waals surface area contributed by atoms with Gasteiger partial charge in [-0.05, 0) is 31.5 Å². The minimum absolute atomic E-state index is 0.0427. The van der Waals surface area contributed by atoms with E-state index >= 15 is 0 Å². The molecule has 3 aromatic rings. The van der Waals surface area contributed by atoms with Gasteiger partial charge in [-0.3, -0.25) is 9.79 Å². The first-order chi connectivity index (χ1) is 16.7. The Kier molecular flexibility index (Phi) is 5.40. The molecule has 1 aromatic carbocycles. The van der Waals surface area contributed by atoms with Crippen LogP contribution in [0.5, 0.6) is 0 Å². The van der Waals surface area contributed by atoms with E-state index in [9.17, 15) is 19.5 Å². The molecule has 10 nitrogen and oxygen atoms in total. The summed E-state index contributed by atoms with van der Waals surface area (Å²) in [4.78, 5) is 47.7. The van der Waals surface area contributed by atoms with Crippen LogP contribution in [0.3, 0.4) is 0 Å². The molecule has 5 rings (SSSR count).